The Bertz CT molecular complexity index is 2900. The molecule has 1 aromatic heterocycles. The van der Waals surface area contributed by atoms with Crippen LogP contribution in [0.5, 0.6) is 0 Å². The minimum Gasteiger partial charge on any atom is -0.309 e. The molecule has 0 radical (unpaired) electrons. The molecule has 10 rings (SSSR count). The highest BCUT2D eigenvalue weighted by Crippen LogP contribution is 2.47. The summed E-state index contributed by atoms with van der Waals surface area (Å²) < 4.78 is 2.55. The van der Waals surface area contributed by atoms with Crippen molar-refractivity contribution in [3.63, 3.8) is 0 Å². The maximum atomic E-state index is 2.44. The van der Waals surface area contributed by atoms with Gasteiger partial charge in [-0.2, -0.15) is 0 Å². The maximum absolute atomic E-state index is 2.44. The molecule has 0 N–H and O–H groups in total. The third-order valence-corrected chi connectivity index (χ3v) is 11.9. The van der Waals surface area contributed by atoms with Crippen LogP contribution in [0.3, 0.4) is 0 Å². The molecule has 264 valence electrons. The summed E-state index contributed by atoms with van der Waals surface area (Å²) in [6.45, 7) is 0. The van der Waals surface area contributed by atoms with E-state index in [2.05, 4.69) is 229 Å². The summed E-state index contributed by atoms with van der Waals surface area (Å²) in [7, 11) is 0. The topological polar surface area (TPSA) is 3.24 Å². The van der Waals surface area contributed by atoms with Gasteiger partial charge in [0.1, 0.15) is 0 Å². The van der Waals surface area contributed by atoms with Crippen molar-refractivity contribution in [2.45, 2.75) is 0 Å². The Morgan fingerprint density at radius 1 is 0.268 bits per heavy atom. The summed E-state index contributed by atoms with van der Waals surface area (Å²) in [4.78, 5) is 2.44. The molecule has 56 heavy (non-hydrogen) atoms. The zero-order valence-electron chi connectivity index (χ0n) is 30.7. The first-order valence-electron chi connectivity index (χ1n) is 19.1. The van der Waals surface area contributed by atoms with Crippen molar-refractivity contribution in [3.05, 3.63) is 224 Å². The Morgan fingerprint density at radius 2 is 0.607 bits per heavy atom. The van der Waals surface area contributed by atoms with Crippen molar-refractivity contribution >= 4 is 48.6 Å². The van der Waals surface area contributed by atoms with Crippen molar-refractivity contribution in [1.29, 1.82) is 0 Å². The van der Waals surface area contributed by atoms with Crippen LogP contribution in [0.1, 0.15) is 0 Å². The second-order valence-electron chi connectivity index (χ2n) is 14.2. The van der Waals surface area contributed by atoms with Gasteiger partial charge in [-0.3, -0.25) is 0 Å². The number of fused-ring (bicyclic) bond motifs is 3. The standard InChI is InChI=1S/C54H37NS/c1-4-12-38(13-5-1)41-20-22-43(23-21-41)45-30-34-49(35-31-45)55(48-32-28-44(29-33-48)40-16-8-3-9-17-40)52-37-47(36-51-50-18-10-11-19-53(50)56-54(51)52)46-26-24-42(25-27-46)39-14-6-2-7-15-39/h1-37H. The van der Waals surface area contributed by atoms with Gasteiger partial charge in [-0.25, -0.2) is 0 Å². The average molecular weight is 732 g/mol. The van der Waals surface area contributed by atoms with E-state index in [-0.39, 0.29) is 0 Å². The van der Waals surface area contributed by atoms with E-state index < -0.39 is 0 Å². The van der Waals surface area contributed by atoms with Crippen molar-refractivity contribution in [2.75, 3.05) is 4.90 Å². The molecule has 0 amide bonds. The summed E-state index contributed by atoms with van der Waals surface area (Å²) in [5.74, 6) is 0. The van der Waals surface area contributed by atoms with Gasteiger partial charge in [0, 0.05) is 26.8 Å². The Labute approximate surface area is 332 Å². The third kappa shape index (κ3) is 6.47. The molecule has 9 aromatic carbocycles. The Morgan fingerprint density at radius 3 is 1.04 bits per heavy atom. The minimum absolute atomic E-state index is 1.11. The van der Waals surface area contributed by atoms with Crippen LogP contribution < -0.4 is 4.90 Å². The van der Waals surface area contributed by atoms with Crippen LogP contribution in [0.4, 0.5) is 17.1 Å². The summed E-state index contributed by atoms with van der Waals surface area (Å²) >= 11 is 1.87. The SMILES string of the molecule is c1ccc(-c2ccc(-c3ccc(N(c4ccc(-c5ccccc5)cc4)c4cc(-c5ccc(-c6ccccc6)cc5)cc5c4sc4ccccc45)cc3)cc2)cc1. The number of anilines is 3. The first-order chi connectivity index (χ1) is 27.7. The normalized spacial score (nSPS) is 11.2. The maximum Gasteiger partial charge on any atom is 0.0646 e. The van der Waals surface area contributed by atoms with Crippen LogP contribution in [0.2, 0.25) is 0 Å². The second-order valence-corrected chi connectivity index (χ2v) is 15.2. The molecule has 0 aliphatic rings. The van der Waals surface area contributed by atoms with Gasteiger partial charge in [0.05, 0.1) is 10.4 Å². The van der Waals surface area contributed by atoms with Crippen molar-refractivity contribution < 1.29 is 0 Å². The molecule has 2 heteroatoms. The molecular weight excluding hydrogens is 695 g/mol. The number of nitrogens with zero attached hydrogens (tertiary/aromatic N) is 1. The number of thiophene rings is 1. The molecule has 0 saturated carbocycles. The van der Waals surface area contributed by atoms with Gasteiger partial charge in [0.2, 0.25) is 0 Å². The van der Waals surface area contributed by atoms with Gasteiger partial charge in [-0.15, -0.1) is 11.3 Å². The van der Waals surface area contributed by atoms with Gasteiger partial charge in [0.25, 0.3) is 0 Å². The summed E-state index contributed by atoms with van der Waals surface area (Å²) in [6.07, 6.45) is 0. The van der Waals surface area contributed by atoms with Gasteiger partial charge >= 0.3 is 0 Å². The quantitative estimate of drug-likeness (QED) is 0.150. The number of benzene rings is 9. The van der Waals surface area contributed by atoms with Crippen LogP contribution in [0, 0.1) is 0 Å². The van der Waals surface area contributed by atoms with E-state index in [1.807, 2.05) is 11.3 Å². The van der Waals surface area contributed by atoms with Gasteiger partial charge in [-0.05, 0) is 98.1 Å². The first kappa shape index (κ1) is 33.6. The monoisotopic (exact) mass is 731 g/mol. The first-order valence-corrected chi connectivity index (χ1v) is 19.9. The zero-order chi connectivity index (χ0) is 37.3. The lowest BCUT2D eigenvalue weighted by molar-refractivity contribution is 1.30. The zero-order valence-corrected chi connectivity index (χ0v) is 31.5. The third-order valence-electron chi connectivity index (χ3n) is 10.7. The summed E-state index contributed by atoms with van der Waals surface area (Å²) in [5, 5.41) is 2.55. The van der Waals surface area contributed by atoms with Crippen LogP contribution in [0.15, 0.2) is 224 Å². The molecule has 0 aliphatic heterocycles. The molecule has 0 spiro atoms. The molecular formula is C54H37NS. The molecule has 0 bridgehead atoms. The number of hydrogen-bond acceptors (Lipinski definition) is 2. The largest absolute Gasteiger partial charge is 0.309 e. The smallest absolute Gasteiger partial charge is 0.0646 e. The number of rotatable bonds is 8. The Balaban J connectivity index is 1.11. The molecule has 0 fully saturated rings. The van der Waals surface area contributed by atoms with Crippen molar-refractivity contribution in [3.8, 4) is 55.6 Å². The summed E-state index contributed by atoms with van der Waals surface area (Å²) in [5.41, 5.74) is 15.4. The fourth-order valence-electron chi connectivity index (χ4n) is 7.78. The molecule has 0 saturated heterocycles. The van der Waals surface area contributed by atoms with E-state index >= 15 is 0 Å². The molecule has 0 aliphatic carbocycles. The summed E-state index contributed by atoms with van der Waals surface area (Å²) in [6, 6.07) is 81.3. The van der Waals surface area contributed by atoms with Gasteiger partial charge in [-0.1, -0.05) is 182 Å². The minimum atomic E-state index is 1.11. The van der Waals surface area contributed by atoms with Crippen LogP contribution >= 0.6 is 11.3 Å². The molecule has 0 unspecified atom stereocenters. The lowest BCUT2D eigenvalue weighted by Crippen LogP contribution is -2.10. The van der Waals surface area contributed by atoms with Gasteiger partial charge in [0.15, 0.2) is 0 Å². The fourth-order valence-corrected chi connectivity index (χ4v) is 8.97. The molecule has 0 atom stereocenters. The van der Waals surface area contributed by atoms with E-state index in [9.17, 15) is 0 Å². The van der Waals surface area contributed by atoms with Crippen molar-refractivity contribution in [2.24, 2.45) is 0 Å². The van der Waals surface area contributed by atoms with E-state index in [4.69, 9.17) is 0 Å². The molecule has 10 aromatic rings. The lowest BCUT2D eigenvalue weighted by atomic mass is 9.97. The van der Waals surface area contributed by atoms with E-state index in [0.717, 1.165) is 11.4 Å². The molecule has 1 heterocycles. The predicted octanol–water partition coefficient (Wildman–Crippen LogP) is 15.9. The molecule has 1 nitrogen and oxygen atoms in total. The highest BCUT2D eigenvalue weighted by molar-refractivity contribution is 7.26. The fraction of sp³-hybridized carbons (Fsp3) is 0. The van der Waals surface area contributed by atoms with E-state index in [1.54, 1.807) is 0 Å². The Kier molecular flexibility index (Phi) is 8.79. The van der Waals surface area contributed by atoms with Crippen LogP contribution in [-0.4, -0.2) is 0 Å². The number of hydrogen-bond donors (Lipinski definition) is 0. The van der Waals surface area contributed by atoms with Crippen LogP contribution in [-0.2, 0) is 0 Å². The Hall–Kier alpha value is -7.00. The highest BCUT2D eigenvalue weighted by Gasteiger charge is 2.20. The van der Waals surface area contributed by atoms with Crippen LogP contribution in [0.25, 0.3) is 75.8 Å². The predicted molar refractivity (Wildman–Crippen MR) is 241 cm³/mol. The second kappa shape index (κ2) is 14.7. The van der Waals surface area contributed by atoms with Gasteiger partial charge < -0.3 is 4.90 Å². The highest BCUT2D eigenvalue weighted by atomic mass is 32.1. The lowest BCUT2D eigenvalue weighted by Gasteiger charge is -2.27. The van der Waals surface area contributed by atoms with Crippen molar-refractivity contribution in [1.82, 2.24) is 0 Å². The van der Waals surface area contributed by atoms with E-state index in [0.29, 0.717) is 0 Å². The average Bonchev–Trinajstić information content (AvgIpc) is 3.67. The van der Waals surface area contributed by atoms with E-state index in [1.165, 1.54) is 81.5 Å².